The van der Waals surface area contributed by atoms with Crippen LogP contribution in [0.5, 0.6) is 11.5 Å². The number of phenolic OH excluding ortho intramolecular Hbond substituents is 1. The lowest BCUT2D eigenvalue weighted by molar-refractivity contribution is -0.122. The molecule has 0 spiro atoms. The first-order valence-electron chi connectivity index (χ1n) is 8.75. The van der Waals surface area contributed by atoms with Gasteiger partial charge in [0.15, 0.2) is 16.7 Å². The van der Waals surface area contributed by atoms with Crippen LogP contribution in [0, 0.1) is 6.92 Å². The number of amides is 1. The maximum Gasteiger partial charge on any atom is 0.284 e. The number of thioether (sulfide) groups is 1. The van der Waals surface area contributed by atoms with Gasteiger partial charge in [0, 0.05) is 6.54 Å². The van der Waals surface area contributed by atoms with Crippen LogP contribution in [0.4, 0.5) is 0 Å². The highest BCUT2D eigenvalue weighted by Crippen LogP contribution is 2.35. The molecule has 1 saturated heterocycles. The van der Waals surface area contributed by atoms with Gasteiger partial charge in [-0.25, -0.2) is 0 Å². The SMILES string of the molecule is CCN1C(=O)/C(=C/c2ccc(O)c(OC)c2)S/C1=N/S(=O)(=O)c1ccc(C)cc1. The molecule has 1 amide bonds. The molecule has 0 saturated carbocycles. The number of hydrogen-bond donors (Lipinski definition) is 1. The molecule has 1 N–H and O–H groups in total. The van der Waals surface area contributed by atoms with Gasteiger partial charge in [-0.15, -0.1) is 4.40 Å². The lowest BCUT2D eigenvalue weighted by atomic mass is 10.2. The van der Waals surface area contributed by atoms with Crippen LogP contribution in [-0.2, 0) is 14.8 Å². The molecular formula is C20H20N2O5S2. The molecule has 0 radical (unpaired) electrons. The Labute approximate surface area is 173 Å². The number of nitrogens with zero attached hydrogens (tertiary/aromatic N) is 2. The number of aryl methyl sites for hydroxylation is 1. The largest absolute Gasteiger partial charge is 0.504 e. The molecule has 1 aliphatic heterocycles. The molecule has 1 heterocycles. The first kappa shape index (κ1) is 20.9. The monoisotopic (exact) mass is 432 g/mol. The summed E-state index contributed by atoms with van der Waals surface area (Å²) in [5.74, 6) is -0.0675. The molecule has 7 nitrogen and oxygen atoms in total. The minimum Gasteiger partial charge on any atom is -0.504 e. The number of aromatic hydroxyl groups is 1. The first-order chi connectivity index (χ1) is 13.7. The Hall–Kier alpha value is -2.78. The quantitative estimate of drug-likeness (QED) is 0.728. The lowest BCUT2D eigenvalue weighted by Crippen LogP contribution is -2.29. The third-order valence-electron chi connectivity index (χ3n) is 4.22. The zero-order chi connectivity index (χ0) is 21.2. The van der Waals surface area contributed by atoms with Crippen molar-refractivity contribution in [3.8, 4) is 11.5 Å². The summed E-state index contributed by atoms with van der Waals surface area (Å²) in [5.41, 5.74) is 1.57. The summed E-state index contributed by atoms with van der Waals surface area (Å²) in [6, 6.07) is 11.1. The molecular weight excluding hydrogens is 412 g/mol. The van der Waals surface area contributed by atoms with E-state index in [9.17, 15) is 18.3 Å². The number of ether oxygens (including phenoxy) is 1. The smallest absolute Gasteiger partial charge is 0.284 e. The van der Waals surface area contributed by atoms with Crippen molar-refractivity contribution in [3.63, 3.8) is 0 Å². The van der Waals surface area contributed by atoms with Gasteiger partial charge in [0.25, 0.3) is 15.9 Å². The van der Waals surface area contributed by atoms with Crippen molar-refractivity contribution in [1.29, 1.82) is 0 Å². The van der Waals surface area contributed by atoms with Crippen LogP contribution in [0.1, 0.15) is 18.1 Å². The summed E-state index contributed by atoms with van der Waals surface area (Å²) in [5, 5.41) is 9.82. The zero-order valence-electron chi connectivity index (χ0n) is 16.1. The van der Waals surface area contributed by atoms with Gasteiger partial charge in [0.1, 0.15) is 0 Å². The van der Waals surface area contributed by atoms with Crippen molar-refractivity contribution in [1.82, 2.24) is 4.90 Å². The third-order valence-corrected chi connectivity index (χ3v) is 6.63. The summed E-state index contributed by atoms with van der Waals surface area (Å²) >= 11 is 0.994. The molecule has 1 fully saturated rings. The third kappa shape index (κ3) is 4.46. The van der Waals surface area contributed by atoms with E-state index in [4.69, 9.17) is 4.74 Å². The topological polar surface area (TPSA) is 96.3 Å². The second-order valence-corrected chi connectivity index (χ2v) is 8.87. The van der Waals surface area contributed by atoms with Crippen molar-refractivity contribution in [2.24, 2.45) is 4.40 Å². The van der Waals surface area contributed by atoms with Gasteiger partial charge in [-0.05, 0) is 61.5 Å². The van der Waals surface area contributed by atoms with Crippen molar-refractivity contribution in [2.45, 2.75) is 18.7 Å². The summed E-state index contributed by atoms with van der Waals surface area (Å²) in [6.07, 6.45) is 1.61. The summed E-state index contributed by atoms with van der Waals surface area (Å²) in [6.45, 7) is 3.89. The Morgan fingerprint density at radius 2 is 1.90 bits per heavy atom. The van der Waals surface area contributed by atoms with Gasteiger partial charge >= 0.3 is 0 Å². The minimum atomic E-state index is -3.95. The molecule has 9 heteroatoms. The van der Waals surface area contributed by atoms with E-state index in [1.807, 2.05) is 6.92 Å². The fourth-order valence-electron chi connectivity index (χ4n) is 2.66. The Balaban J connectivity index is 1.96. The summed E-state index contributed by atoms with van der Waals surface area (Å²) < 4.78 is 34.3. The number of likely N-dealkylation sites (N-methyl/N-ethyl adjacent to an activating group) is 1. The molecule has 152 valence electrons. The molecule has 0 atom stereocenters. The van der Waals surface area contributed by atoms with Gasteiger partial charge in [0.05, 0.1) is 16.9 Å². The van der Waals surface area contributed by atoms with E-state index in [1.54, 1.807) is 37.3 Å². The van der Waals surface area contributed by atoms with Gasteiger partial charge in [-0.1, -0.05) is 23.8 Å². The molecule has 0 unspecified atom stereocenters. The highest BCUT2D eigenvalue weighted by atomic mass is 32.2. The Kier molecular flexibility index (Phi) is 5.99. The number of carbonyl (C=O) groups excluding carboxylic acids is 1. The van der Waals surface area contributed by atoms with Crippen LogP contribution in [0.15, 0.2) is 56.7 Å². The molecule has 0 aromatic heterocycles. The standard InChI is InChI=1S/C20H20N2O5S2/c1-4-22-19(24)18(12-14-7-10-16(23)17(11-14)27-3)28-20(22)21-29(25,26)15-8-5-13(2)6-9-15/h5-12,23H,4H2,1-3H3/b18-12-,21-20+. The molecule has 0 bridgehead atoms. The average molecular weight is 433 g/mol. The average Bonchev–Trinajstić information content (AvgIpc) is 2.97. The molecule has 3 rings (SSSR count). The number of hydrogen-bond acceptors (Lipinski definition) is 6. The zero-order valence-corrected chi connectivity index (χ0v) is 17.8. The fraction of sp³-hybridized carbons (Fsp3) is 0.200. The highest BCUT2D eigenvalue weighted by Gasteiger charge is 2.34. The van der Waals surface area contributed by atoms with Crippen LogP contribution in [0.3, 0.4) is 0 Å². The molecule has 2 aromatic rings. The second-order valence-electron chi connectivity index (χ2n) is 6.25. The highest BCUT2D eigenvalue weighted by molar-refractivity contribution is 8.19. The number of amidine groups is 1. The Bertz CT molecular complexity index is 1110. The van der Waals surface area contributed by atoms with Crippen LogP contribution >= 0.6 is 11.8 Å². The summed E-state index contributed by atoms with van der Waals surface area (Å²) in [4.78, 5) is 14.4. The van der Waals surface area contributed by atoms with E-state index in [-0.39, 0.29) is 34.0 Å². The summed E-state index contributed by atoms with van der Waals surface area (Å²) in [7, 11) is -2.51. The lowest BCUT2D eigenvalue weighted by Gasteiger charge is -2.12. The van der Waals surface area contributed by atoms with Gasteiger partial charge in [-0.2, -0.15) is 8.42 Å². The van der Waals surface area contributed by atoms with Gasteiger partial charge in [-0.3, -0.25) is 9.69 Å². The van der Waals surface area contributed by atoms with Crippen molar-refractivity contribution in [2.75, 3.05) is 13.7 Å². The molecule has 29 heavy (non-hydrogen) atoms. The van der Waals surface area contributed by atoms with E-state index in [0.29, 0.717) is 10.5 Å². The van der Waals surface area contributed by atoms with Gasteiger partial charge in [0.2, 0.25) is 0 Å². The number of carbonyl (C=O) groups is 1. The molecule has 0 aliphatic carbocycles. The Morgan fingerprint density at radius 1 is 1.21 bits per heavy atom. The molecule has 2 aromatic carbocycles. The number of rotatable bonds is 5. The van der Waals surface area contributed by atoms with Gasteiger partial charge < -0.3 is 9.84 Å². The van der Waals surface area contributed by atoms with E-state index < -0.39 is 10.0 Å². The van der Waals surface area contributed by atoms with E-state index in [1.165, 1.54) is 30.2 Å². The Morgan fingerprint density at radius 3 is 2.52 bits per heavy atom. The molecule has 1 aliphatic rings. The predicted molar refractivity (Wildman–Crippen MR) is 113 cm³/mol. The van der Waals surface area contributed by atoms with Crippen molar-refractivity contribution < 1.29 is 23.1 Å². The maximum absolute atomic E-state index is 12.7. The van der Waals surface area contributed by atoms with Crippen molar-refractivity contribution in [3.05, 3.63) is 58.5 Å². The second kappa shape index (κ2) is 8.30. The number of methoxy groups -OCH3 is 1. The van der Waals surface area contributed by atoms with E-state index in [2.05, 4.69) is 4.40 Å². The van der Waals surface area contributed by atoms with Crippen LogP contribution < -0.4 is 4.74 Å². The number of phenols is 1. The first-order valence-corrected chi connectivity index (χ1v) is 11.0. The van der Waals surface area contributed by atoms with Crippen molar-refractivity contribution >= 4 is 38.9 Å². The van der Waals surface area contributed by atoms with E-state index in [0.717, 1.165) is 17.3 Å². The number of sulfonamides is 1. The normalized spacial score (nSPS) is 17.3. The number of benzene rings is 2. The van der Waals surface area contributed by atoms with Crippen LogP contribution in [-0.4, -0.2) is 43.2 Å². The predicted octanol–water partition coefficient (Wildman–Crippen LogP) is 3.39. The van der Waals surface area contributed by atoms with Crippen LogP contribution in [0.2, 0.25) is 0 Å². The van der Waals surface area contributed by atoms with E-state index >= 15 is 0 Å². The minimum absolute atomic E-state index is 0.0123. The maximum atomic E-state index is 12.7. The van der Waals surface area contributed by atoms with Crippen LogP contribution in [0.25, 0.3) is 6.08 Å². The fourth-order valence-corrected chi connectivity index (χ4v) is 4.90.